The monoisotopic (exact) mass is 338 g/mol. The van der Waals surface area contributed by atoms with Crippen LogP contribution in [-0.2, 0) is 11.3 Å². The normalized spacial score (nSPS) is 10.3. The molecular weight excluding hydrogens is 327 g/mol. The molecule has 0 atom stereocenters. The second-order valence-corrected chi connectivity index (χ2v) is 4.98. The van der Waals surface area contributed by atoms with E-state index in [1.165, 1.54) is 18.3 Å². The molecule has 2 aromatic rings. The summed E-state index contributed by atoms with van der Waals surface area (Å²) in [6.07, 6.45) is 1.47. The number of aryl methyl sites for hydroxylation is 1. The van der Waals surface area contributed by atoms with Gasteiger partial charge in [0.05, 0.1) is 27.6 Å². The van der Waals surface area contributed by atoms with Gasteiger partial charge in [-0.2, -0.15) is 0 Å². The van der Waals surface area contributed by atoms with Crippen molar-refractivity contribution >= 4 is 27.6 Å². The number of nitrogen functional groups attached to an aromatic ring is 1. The zero-order chi connectivity index (χ0) is 14.7. The maximum absolute atomic E-state index is 13.3. The third-order valence-electron chi connectivity index (χ3n) is 2.72. The summed E-state index contributed by atoms with van der Waals surface area (Å²) in [5.41, 5.74) is 7.36. The molecule has 0 aliphatic heterocycles. The molecule has 0 radical (unpaired) electrons. The summed E-state index contributed by atoms with van der Waals surface area (Å²) in [5, 5.41) is 0. The molecule has 0 spiro atoms. The minimum absolute atomic E-state index is 0.0363. The van der Waals surface area contributed by atoms with Gasteiger partial charge in [0.25, 0.3) is 0 Å². The van der Waals surface area contributed by atoms with Gasteiger partial charge < -0.3 is 10.5 Å². The zero-order valence-corrected chi connectivity index (χ0v) is 12.3. The number of nitrogens with zero attached hydrogens (tertiary/aromatic N) is 1. The highest BCUT2D eigenvalue weighted by molar-refractivity contribution is 9.10. The van der Waals surface area contributed by atoms with E-state index in [2.05, 4.69) is 20.9 Å². The van der Waals surface area contributed by atoms with Gasteiger partial charge in [0.15, 0.2) is 0 Å². The second-order valence-electron chi connectivity index (χ2n) is 4.19. The number of anilines is 1. The highest BCUT2D eigenvalue weighted by atomic mass is 79.9. The van der Waals surface area contributed by atoms with Crippen LogP contribution >= 0.6 is 15.9 Å². The fraction of sp³-hybridized carbons (Fsp3) is 0.143. The van der Waals surface area contributed by atoms with E-state index in [1.54, 1.807) is 19.1 Å². The van der Waals surface area contributed by atoms with E-state index in [-0.39, 0.29) is 11.1 Å². The van der Waals surface area contributed by atoms with Crippen molar-refractivity contribution in [2.24, 2.45) is 0 Å². The van der Waals surface area contributed by atoms with E-state index in [1.807, 2.05) is 0 Å². The molecule has 104 valence electrons. The van der Waals surface area contributed by atoms with Crippen LogP contribution < -0.4 is 5.73 Å². The molecule has 0 unspecified atom stereocenters. The van der Waals surface area contributed by atoms with Gasteiger partial charge in [-0.25, -0.2) is 9.18 Å². The number of pyridine rings is 1. The van der Waals surface area contributed by atoms with Crippen molar-refractivity contribution in [3.05, 3.63) is 57.6 Å². The lowest BCUT2D eigenvalue weighted by atomic mass is 10.2. The van der Waals surface area contributed by atoms with Crippen molar-refractivity contribution in [3.8, 4) is 0 Å². The third-order valence-corrected chi connectivity index (χ3v) is 3.61. The van der Waals surface area contributed by atoms with E-state index in [0.29, 0.717) is 22.5 Å². The first kappa shape index (κ1) is 14.5. The van der Waals surface area contributed by atoms with Crippen LogP contribution in [0.15, 0.2) is 34.9 Å². The zero-order valence-electron chi connectivity index (χ0n) is 10.7. The highest BCUT2D eigenvalue weighted by Gasteiger charge is 2.13. The Balaban J connectivity index is 2.13. The largest absolute Gasteiger partial charge is 0.457 e. The van der Waals surface area contributed by atoms with E-state index >= 15 is 0 Å². The van der Waals surface area contributed by atoms with Crippen molar-refractivity contribution in [2.75, 3.05) is 5.73 Å². The molecule has 0 fully saturated rings. The number of nitrogens with two attached hydrogens (primary N) is 1. The number of carbonyl (C=O) groups excluding carboxylic acids is 1. The predicted octanol–water partition coefficient (Wildman–Crippen LogP) is 3.23. The lowest BCUT2D eigenvalue weighted by Crippen LogP contribution is -2.09. The molecule has 0 aliphatic carbocycles. The molecule has 20 heavy (non-hydrogen) atoms. The molecule has 0 aliphatic rings. The quantitative estimate of drug-likeness (QED) is 0.872. The molecule has 0 bridgehead atoms. The lowest BCUT2D eigenvalue weighted by Gasteiger charge is -2.09. The topological polar surface area (TPSA) is 65.2 Å². The first-order chi connectivity index (χ1) is 9.49. The van der Waals surface area contributed by atoms with Gasteiger partial charge in [0, 0.05) is 5.56 Å². The van der Waals surface area contributed by atoms with E-state index < -0.39 is 11.8 Å². The summed E-state index contributed by atoms with van der Waals surface area (Å²) < 4.78 is 18.8. The van der Waals surface area contributed by atoms with E-state index in [9.17, 15) is 9.18 Å². The number of rotatable bonds is 3. The average molecular weight is 339 g/mol. The molecule has 1 heterocycles. The fourth-order valence-corrected chi connectivity index (χ4v) is 2.02. The Kier molecular flexibility index (Phi) is 4.34. The molecule has 2 rings (SSSR count). The van der Waals surface area contributed by atoms with Crippen LogP contribution in [0.25, 0.3) is 0 Å². The molecule has 0 saturated heterocycles. The Bertz CT molecular complexity index is 662. The highest BCUT2D eigenvalue weighted by Crippen LogP contribution is 2.21. The average Bonchev–Trinajstić information content (AvgIpc) is 2.43. The fourth-order valence-electron chi connectivity index (χ4n) is 1.64. The van der Waals surface area contributed by atoms with E-state index in [0.717, 1.165) is 0 Å². The maximum atomic E-state index is 13.3. The Labute approximate surface area is 123 Å². The van der Waals surface area contributed by atoms with Crippen LogP contribution in [0.1, 0.15) is 21.6 Å². The summed E-state index contributed by atoms with van der Waals surface area (Å²) in [6.45, 7) is 1.65. The first-order valence-corrected chi connectivity index (χ1v) is 6.60. The molecule has 2 N–H and O–H groups in total. The van der Waals surface area contributed by atoms with Gasteiger partial charge in [-0.3, -0.25) is 4.98 Å². The number of aromatic nitrogens is 1. The summed E-state index contributed by atoms with van der Waals surface area (Å²) in [4.78, 5) is 16.0. The number of ether oxygens (including phenoxy) is 1. The van der Waals surface area contributed by atoms with Crippen LogP contribution in [-0.4, -0.2) is 11.0 Å². The van der Waals surface area contributed by atoms with Gasteiger partial charge >= 0.3 is 5.97 Å². The molecule has 4 nitrogen and oxygen atoms in total. The van der Waals surface area contributed by atoms with Crippen LogP contribution in [0.4, 0.5) is 10.1 Å². The lowest BCUT2D eigenvalue weighted by molar-refractivity contribution is 0.0470. The van der Waals surface area contributed by atoms with Gasteiger partial charge in [-0.15, -0.1) is 0 Å². The van der Waals surface area contributed by atoms with E-state index in [4.69, 9.17) is 10.5 Å². The number of hydrogen-bond donors (Lipinski definition) is 1. The van der Waals surface area contributed by atoms with Crippen LogP contribution in [0.2, 0.25) is 0 Å². The van der Waals surface area contributed by atoms with Crippen molar-refractivity contribution in [3.63, 3.8) is 0 Å². The molecule has 1 aromatic carbocycles. The molecule has 0 amide bonds. The minimum atomic E-state index is -0.543. The summed E-state index contributed by atoms with van der Waals surface area (Å²) in [5.74, 6) is -0.946. The maximum Gasteiger partial charge on any atom is 0.340 e. The van der Waals surface area contributed by atoms with Gasteiger partial charge in [0.2, 0.25) is 0 Å². The standard InChI is InChI=1S/C14H12BrFN2O2/c1-8-11(5-10(17)6-18-8)14(19)20-7-9-3-2-4-12(16)13(9)15/h2-6H,7,17H2,1H3. The summed E-state index contributed by atoms with van der Waals surface area (Å²) in [7, 11) is 0. The number of hydrogen-bond acceptors (Lipinski definition) is 4. The first-order valence-electron chi connectivity index (χ1n) is 5.81. The van der Waals surface area contributed by atoms with Gasteiger partial charge in [-0.05, 0) is 35.0 Å². The van der Waals surface area contributed by atoms with Crippen molar-refractivity contribution in [2.45, 2.75) is 13.5 Å². The van der Waals surface area contributed by atoms with Crippen molar-refractivity contribution < 1.29 is 13.9 Å². The molecular formula is C14H12BrFN2O2. The van der Waals surface area contributed by atoms with Crippen LogP contribution in [0.3, 0.4) is 0 Å². The Morgan fingerprint density at radius 1 is 1.50 bits per heavy atom. The van der Waals surface area contributed by atoms with Gasteiger partial charge in [0.1, 0.15) is 12.4 Å². The summed E-state index contributed by atoms with van der Waals surface area (Å²) in [6, 6.07) is 6.05. The third kappa shape index (κ3) is 3.14. The van der Waals surface area contributed by atoms with Crippen LogP contribution in [0, 0.1) is 12.7 Å². The number of benzene rings is 1. The van der Waals surface area contributed by atoms with Crippen molar-refractivity contribution in [1.29, 1.82) is 0 Å². The predicted molar refractivity (Wildman–Crippen MR) is 76.6 cm³/mol. The molecule has 0 saturated carbocycles. The second kappa shape index (κ2) is 6.00. The minimum Gasteiger partial charge on any atom is -0.457 e. The number of halogens is 2. The molecule has 1 aromatic heterocycles. The summed E-state index contributed by atoms with van der Waals surface area (Å²) >= 11 is 3.11. The van der Waals surface area contributed by atoms with Gasteiger partial charge in [-0.1, -0.05) is 12.1 Å². The SMILES string of the molecule is Cc1ncc(N)cc1C(=O)OCc1cccc(F)c1Br. The Hall–Kier alpha value is -1.95. The Morgan fingerprint density at radius 2 is 2.25 bits per heavy atom. The molecule has 6 heteroatoms. The Morgan fingerprint density at radius 3 is 3.00 bits per heavy atom. The smallest absolute Gasteiger partial charge is 0.340 e. The number of esters is 1. The van der Waals surface area contributed by atoms with Crippen molar-refractivity contribution in [1.82, 2.24) is 4.98 Å². The number of carbonyl (C=O) groups is 1. The van der Waals surface area contributed by atoms with Crippen LogP contribution in [0.5, 0.6) is 0 Å².